The molecule has 0 aromatic heterocycles. The van der Waals surface area contributed by atoms with Crippen LogP contribution < -0.4 is 5.30 Å². The van der Waals surface area contributed by atoms with Crippen LogP contribution in [0.3, 0.4) is 0 Å². The van der Waals surface area contributed by atoms with Gasteiger partial charge in [-0.2, -0.15) is 0 Å². The van der Waals surface area contributed by atoms with E-state index in [0.29, 0.717) is 0 Å². The Morgan fingerprint density at radius 1 is 1.38 bits per heavy atom. The summed E-state index contributed by atoms with van der Waals surface area (Å²) in [6.07, 6.45) is 0. The zero-order valence-corrected chi connectivity index (χ0v) is 6.04. The molecule has 0 radical (unpaired) electrons. The molecule has 1 atom stereocenters. The predicted octanol–water partition coefficient (Wildman–Crippen LogP) is 1.50. The second-order valence-corrected chi connectivity index (χ2v) is 2.58. The first kappa shape index (κ1) is 5.78. The fraction of sp³-hybridized carbons (Fsp3) is 0.143. The van der Waals surface area contributed by atoms with E-state index >= 15 is 0 Å². The lowest BCUT2D eigenvalue weighted by atomic mass is 10.2. The van der Waals surface area contributed by atoms with Gasteiger partial charge in [-0.05, 0) is 12.2 Å². The van der Waals surface area contributed by atoms with Gasteiger partial charge in [0, 0.05) is 0 Å². The fourth-order valence-electron chi connectivity index (χ4n) is 0.670. The maximum atomic E-state index is 2.66. The van der Waals surface area contributed by atoms with Crippen LogP contribution in [0.25, 0.3) is 0 Å². The van der Waals surface area contributed by atoms with Crippen LogP contribution in [0.4, 0.5) is 0 Å². The molecule has 0 amide bonds. The standard InChI is InChI=1S/C7H9P/c1-6-3-2-4-7(8)5-6/h2-5H,8H2,1H3. The van der Waals surface area contributed by atoms with E-state index in [1.165, 1.54) is 10.9 Å². The summed E-state index contributed by atoms with van der Waals surface area (Å²) >= 11 is 0. The second-order valence-electron chi connectivity index (χ2n) is 1.91. The molecule has 0 N–H and O–H groups in total. The highest BCUT2D eigenvalue weighted by atomic mass is 31.0. The molecule has 0 spiro atoms. The average molecular weight is 124 g/mol. The molecule has 0 bridgehead atoms. The minimum atomic E-state index is 1.25. The van der Waals surface area contributed by atoms with Gasteiger partial charge in [0.25, 0.3) is 0 Å². The number of hydrogen-bond acceptors (Lipinski definition) is 0. The quantitative estimate of drug-likeness (QED) is 0.460. The smallest absolute Gasteiger partial charge is 0.0300 e. The molecule has 1 aromatic rings. The molecule has 0 fully saturated rings. The average Bonchev–Trinajstić information content (AvgIpc) is 1.64. The molecule has 0 saturated carbocycles. The van der Waals surface area contributed by atoms with Gasteiger partial charge in [-0.3, -0.25) is 0 Å². The molecule has 0 heterocycles. The first-order valence-electron chi connectivity index (χ1n) is 2.61. The normalized spacial score (nSPS) is 9.25. The van der Waals surface area contributed by atoms with Gasteiger partial charge < -0.3 is 0 Å². The lowest BCUT2D eigenvalue weighted by Gasteiger charge is -1.90. The minimum absolute atomic E-state index is 1.25. The van der Waals surface area contributed by atoms with Gasteiger partial charge in [0.2, 0.25) is 0 Å². The summed E-state index contributed by atoms with van der Waals surface area (Å²) in [4.78, 5) is 0. The molecule has 1 aromatic carbocycles. The number of rotatable bonds is 0. The van der Waals surface area contributed by atoms with Crippen LogP contribution in [0.1, 0.15) is 5.56 Å². The summed E-state index contributed by atoms with van der Waals surface area (Å²) in [5.74, 6) is 0. The monoisotopic (exact) mass is 124 g/mol. The van der Waals surface area contributed by atoms with Crippen LogP contribution in [-0.4, -0.2) is 0 Å². The molecule has 1 unspecified atom stereocenters. The topological polar surface area (TPSA) is 0 Å². The maximum Gasteiger partial charge on any atom is -0.0300 e. The lowest BCUT2D eigenvalue weighted by molar-refractivity contribution is 1.50. The van der Waals surface area contributed by atoms with Crippen molar-refractivity contribution in [3.63, 3.8) is 0 Å². The second kappa shape index (κ2) is 2.28. The lowest BCUT2D eigenvalue weighted by Crippen LogP contribution is -1.87. The van der Waals surface area contributed by atoms with Gasteiger partial charge in [0.05, 0.1) is 0 Å². The van der Waals surface area contributed by atoms with E-state index in [1.807, 2.05) is 0 Å². The molecule has 42 valence electrons. The van der Waals surface area contributed by atoms with E-state index in [2.05, 4.69) is 40.4 Å². The summed E-state index contributed by atoms with van der Waals surface area (Å²) in [5.41, 5.74) is 1.32. The van der Waals surface area contributed by atoms with Gasteiger partial charge >= 0.3 is 0 Å². The number of aryl methyl sites for hydroxylation is 1. The van der Waals surface area contributed by atoms with Gasteiger partial charge in [0.15, 0.2) is 0 Å². The van der Waals surface area contributed by atoms with Gasteiger partial charge in [-0.25, -0.2) is 0 Å². The Labute approximate surface area is 52.1 Å². The molecule has 0 aliphatic heterocycles. The summed E-state index contributed by atoms with van der Waals surface area (Å²) in [5, 5.41) is 1.25. The SMILES string of the molecule is Cc1cccc(P)c1. The van der Waals surface area contributed by atoms with E-state index in [1.54, 1.807) is 0 Å². The third-order valence-corrected chi connectivity index (χ3v) is 1.40. The Bertz CT molecular complexity index is 164. The summed E-state index contributed by atoms with van der Waals surface area (Å²) in [6.45, 7) is 2.09. The van der Waals surface area contributed by atoms with E-state index in [9.17, 15) is 0 Å². The molecule has 0 nitrogen and oxygen atoms in total. The summed E-state index contributed by atoms with van der Waals surface area (Å²) in [6, 6.07) is 8.34. The van der Waals surface area contributed by atoms with Crippen molar-refractivity contribution in [2.24, 2.45) is 0 Å². The zero-order valence-electron chi connectivity index (χ0n) is 4.89. The Morgan fingerprint density at radius 3 is 2.50 bits per heavy atom. The van der Waals surface area contributed by atoms with Crippen molar-refractivity contribution in [1.29, 1.82) is 0 Å². The number of benzene rings is 1. The molecule has 0 aliphatic carbocycles. The molecule has 1 rings (SSSR count). The van der Waals surface area contributed by atoms with Crippen molar-refractivity contribution in [3.05, 3.63) is 29.8 Å². The first-order chi connectivity index (χ1) is 3.79. The van der Waals surface area contributed by atoms with Crippen molar-refractivity contribution in [2.45, 2.75) is 6.92 Å². The molecule has 0 saturated heterocycles. The van der Waals surface area contributed by atoms with Gasteiger partial charge in [-0.15, -0.1) is 9.24 Å². The zero-order chi connectivity index (χ0) is 5.98. The maximum absolute atomic E-state index is 2.66. The molecule has 0 aliphatic rings. The highest BCUT2D eigenvalue weighted by Crippen LogP contribution is 1.95. The van der Waals surface area contributed by atoms with Crippen molar-refractivity contribution >= 4 is 14.5 Å². The highest BCUT2D eigenvalue weighted by Gasteiger charge is 1.80. The van der Waals surface area contributed by atoms with E-state index in [0.717, 1.165) is 0 Å². The van der Waals surface area contributed by atoms with Crippen LogP contribution in [-0.2, 0) is 0 Å². The molecular weight excluding hydrogens is 115 g/mol. The Morgan fingerprint density at radius 2 is 2.12 bits per heavy atom. The highest BCUT2D eigenvalue weighted by molar-refractivity contribution is 7.27. The first-order valence-corrected chi connectivity index (χ1v) is 3.19. The van der Waals surface area contributed by atoms with Gasteiger partial charge in [0.1, 0.15) is 0 Å². The summed E-state index contributed by atoms with van der Waals surface area (Å²) in [7, 11) is 2.66. The van der Waals surface area contributed by atoms with Crippen molar-refractivity contribution in [3.8, 4) is 0 Å². The van der Waals surface area contributed by atoms with Crippen LogP contribution >= 0.6 is 9.24 Å². The molecule has 8 heavy (non-hydrogen) atoms. The Hall–Kier alpha value is -0.350. The molecule has 1 heteroatoms. The van der Waals surface area contributed by atoms with E-state index in [4.69, 9.17) is 0 Å². The fourth-order valence-corrected chi connectivity index (χ4v) is 1.04. The van der Waals surface area contributed by atoms with Crippen molar-refractivity contribution < 1.29 is 0 Å². The van der Waals surface area contributed by atoms with Crippen molar-refractivity contribution in [1.82, 2.24) is 0 Å². The van der Waals surface area contributed by atoms with Gasteiger partial charge in [-0.1, -0.05) is 29.8 Å². The number of hydrogen-bond donors (Lipinski definition) is 0. The van der Waals surface area contributed by atoms with E-state index < -0.39 is 0 Å². The third-order valence-electron chi connectivity index (χ3n) is 1.04. The van der Waals surface area contributed by atoms with Crippen LogP contribution in [0.5, 0.6) is 0 Å². The largest absolute Gasteiger partial charge is 0.106 e. The van der Waals surface area contributed by atoms with Crippen molar-refractivity contribution in [2.75, 3.05) is 0 Å². The Kier molecular flexibility index (Phi) is 1.65. The van der Waals surface area contributed by atoms with Crippen LogP contribution in [0, 0.1) is 6.92 Å². The van der Waals surface area contributed by atoms with E-state index in [-0.39, 0.29) is 0 Å². The van der Waals surface area contributed by atoms with Crippen LogP contribution in [0.15, 0.2) is 24.3 Å². The predicted molar refractivity (Wildman–Crippen MR) is 40.5 cm³/mol. The van der Waals surface area contributed by atoms with Crippen LogP contribution in [0.2, 0.25) is 0 Å². The Balaban J connectivity index is 3.08. The minimum Gasteiger partial charge on any atom is -0.106 e. The third kappa shape index (κ3) is 1.31. The summed E-state index contributed by atoms with van der Waals surface area (Å²) < 4.78 is 0. The molecular formula is C7H9P.